The summed E-state index contributed by atoms with van der Waals surface area (Å²) in [7, 11) is -0.843. The maximum atomic E-state index is 12.3. The number of pyridine rings is 2. The summed E-state index contributed by atoms with van der Waals surface area (Å²) in [5, 5.41) is 0.793. The fraction of sp³-hybridized carbons (Fsp3) is 0.176. The summed E-state index contributed by atoms with van der Waals surface area (Å²) in [5.74, 6) is -1.15. The van der Waals surface area contributed by atoms with Gasteiger partial charge in [0.25, 0.3) is 0 Å². The molecule has 0 amide bonds. The summed E-state index contributed by atoms with van der Waals surface area (Å²) in [5.41, 5.74) is 1.59. The molecule has 7 nitrogen and oxygen atoms in total. The zero-order valence-corrected chi connectivity index (χ0v) is 15.8. The third-order valence-electron chi connectivity index (χ3n) is 3.57. The molecule has 134 valence electrons. The second kappa shape index (κ2) is 7.40. The van der Waals surface area contributed by atoms with Crippen LogP contribution in [0.15, 0.2) is 48.9 Å². The van der Waals surface area contributed by atoms with E-state index in [9.17, 15) is 13.2 Å². The van der Waals surface area contributed by atoms with Gasteiger partial charge < -0.3 is 0 Å². The van der Waals surface area contributed by atoms with E-state index in [2.05, 4.69) is 15.0 Å². The molecule has 0 bridgehead atoms. The van der Waals surface area contributed by atoms with Crippen molar-refractivity contribution in [3.05, 3.63) is 54.6 Å². The van der Waals surface area contributed by atoms with E-state index in [0.717, 1.165) is 19.8 Å². The normalized spacial score (nSPS) is 11.7. The maximum Gasteiger partial charge on any atom is 0.221 e. The summed E-state index contributed by atoms with van der Waals surface area (Å²) in [6.45, 7) is 0. The topological polar surface area (TPSA) is 93.1 Å². The van der Waals surface area contributed by atoms with E-state index in [-0.39, 0.29) is 5.69 Å². The maximum absolute atomic E-state index is 12.3. The van der Waals surface area contributed by atoms with Crippen LogP contribution in [0.5, 0.6) is 0 Å². The van der Waals surface area contributed by atoms with Gasteiger partial charge in [-0.25, -0.2) is 22.7 Å². The Morgan fingerprint density at radius 3 is 2.65 bits per heavy atom. The number of carbonyl (C=O) groups is 1. The van der Waals surface area contributed by atoms with Crippen molar-refractivity contribution in [1.29, 1.82) is 0 Å². The van der Waals surface area contributed by atoms with Gasteiger partial charge in [-0.15, -0.1) is 11.3 Å². The highest BCUT2D eigenvalue weighted by atomic mass is 32.2. The van der Waals surface area contributed by atoms with Crippen LogP contribution in [0.1, 0.15) is 10.5 Å². The largest absolute Gasteiger partial charge is 0.291 e. The minimum atomic E-state index is -3.63. The number of sulfonamides is 1. The molecule has 3 aromatic heterocycles. The van der Waals surface area contributed by atoms with Gasteiger partial charge in [-0.3, -0.25) is 9.78 Å². The first-order valence-electron chi connectivity index (χ1n) is 7.64. The van der Waals surface area contributed by atoms with Crippen LogP contribution in [0.2, 0.25) is 0 Å². The Labute approximate surface area is 155 Å². The Hall–Kier alpha value is -2.49. The molecule has 0 atom stereocenters. The Bertz CT molecular complexity index is 1030. The molecule has 3 rings (SSSR count). The number of ketones is 1. The molecule has 0 radical (unpaired) electrons. The Balaban J connectivity index is 1.86. The highest BCUT2D eigenvalue weighted by Gasteiger charge is 2.21. The summed E-state index contributed by atoms with van der Waals surface area (Å²) < 4.78 is 24.8. The SMILES string of the molecule is CN(C)S(=O)(=O)CC(=O)c1cccc(-c2cnc(-c3cccnc3)s2)n1. The summed E-state index contributed by atoms with van der Waals surface area (Å²) in [6.07, 6.45) is 5.10. The van der Waals surface area contributed by atoms with E-state index >= 15 is 0 Å². The number of hydrogen-bond donors (Lipinski definition) is 0. The van der Waals surface area contributed by atoms with Gasteiger partial charge in [0, 0.05) is 38.2 Å². The highest BCUT2D eigenvalue weighted by Crippen LogP contribution is 2.30. The van der Waals surface area contributed by atoms with Gasteiger partial charge in [-0.2, -0.15) is 0 Å². The van der Waals surface area contributed by atoms with Gasteiger partial charge >= 0.3 is 0 Å². The lowest BCUT2D eigenvalue weighted by Gasteiger charge is -2.10. The molecule has 0 saturated heterocycles. The number of rotatable bonds is 6. The molecule has 0 unspecified atom stereocenters. The Kier molecular flexibility index (Phi) is 5.21. The first-order valence-corrected chi connectivity index (χ1v) is 10.1. The van der Waals surface area contributed by atoms with E-state index in [4.69, 9.17) is 0 Å². The minimum absolute atomic E-state index is 0.115. The van der Waals surface area contributed by atoms with E-state index in [0.29, 0.717) is 5.69 Å². The summed E-state index contributed by atoms with van der Waals surface area (Å²) >= 11 is 1.43. The van der Waals surface area contributed by atoms with Crippen molar-refractivity contribution >= 4 is 27.1 Å². The van der Waals surface area contributed by atoms with Crippen molar-refractivity contribution in [3.8, 4) is 21.1 Å². The van der Waals surface area contributed by atoms with E-state index < -0.39 is 21.6 Å². The van der Waals surface area contributed by atoms with E-state index in [1.165, 1.54) is 31.5 Å². The minimum Gasteiger partial charge on any atom is -0.291 e. The molecule has 26 heavy (non-hydrogen) atoms. The number of thiazole rings is 1. The van der Waals surface area contributed by atoms with Crippen LogP contribution in [0, 0.1) is 0 Å². The van der Waals surface area contributed by atoms with Crippen LogP contribution < -0.4 is 0 Å². The van der Waals surface area contributed by atoms with Crippen LogP contribution in [0.3, 0.4) is 0 Å². The molecule has 0 N–H and O–H groups in total. The fourth-order valence-electron chi connectivity index (χ4n) is 2.11. The zero-order chi connectivity index (χ0) is 18.7. The number of nitrogens with zero attached hydrogens (tertiary/aromatic N) is 4. The Morgan fingerprint density at radius 1 is 1.15 bits per heavy atom. The molecule has 0 spiro atoms. The Morgan fingerprint density at radius 2 is 1.96 bits per heavy atom. The lowest BCUT2D eigenvalue weighted by Crippen LogP contribution is -2.29. The van der Waals surface area contributed by atoms with Gasteiger partial charge in [0.15, 0.2) is 5.78 Å². The molecule has 0 fully saturated rings. The quantitative estimate of drug-likeness (QED) is 0.602. The van der Waals surface area contributed by atoms with Crippen LogP contribution >= 0.6 is 11.3 Å². The average molecular weight is 388 g/mol. The lowest BCUT2D eigenvalue weighted by atomic mass is 10.2. The van der Waals surface area contributed by atoms with Crippen LogP contribution in [0.4, 0.5) is 0 Å². The number of aromatic nitrogens is 3. The van der Waals surface area contributed by atoms with Crippen molar-refractivity contribution in [2.75, 3.05) is 19.8 Å². The molecular weight excluding hydrogens is 372 g/mol. The van der Waals surface area contributed by atoms with Crippen molar-refractivity contribution in [3.63, 3.8) is 0 Å². The number of Topliss-reactive ketones (excluding diaryl/α,β-unsaturated/α-hetero) is 1. The molecule has 0 aliphatic rings. The lowest BCUT2D eigenvalue weighted by molar-refractivity contribution is 0.101. The average Bonchev–Trinajstić information content (AvgIpc) is 3.12. The molecule has 3 aromatic rings. The second-order valence-electron chi connectivity index (χ2n) is 5.64. The predicted molar refractivity (Wildman–Crippen MR) is 100 cm³/mol. The standard InChI is InChI=1S/C17H16N4O3S2/c1-21(2)26(23,24)11-15(22)13-6-3-7-14(20-13)16-10-19-17(25-16)12-5-4-8-18-9-12/h3-10H,11H2,1-2H3. The van der Waals surface area contributed by atoms with Crippen molar-refractivity contribution in [1.82, 2.24) is 19.3 Å². The molecule has 3 heterocycles. The zero-order valence-electron chi connectivity index (χ0n) is 14.2. The van der Waals surface area contributed by atoms with Gasteiger partial charge in [0.2, 0.25) is 10.0 Å². The van der Waals surface area contributed by atoms with E-state index in [1.807, 2.05) is 12.1 Å². The monoisotopic (exact) mass is 388 g/mol. The first kappa shape index (κ1) is 18.3. The second-order valence-corrected chi connectivity index (χ2v) is 8.85. The van der Waals surface area contributed by atoms with Crippen molar-refractivity contribution in [2.45, 2.75) is 0 Å². The third-order valence-corrected chi connectivity index (χ3v) is 6.38. The molecular formula is C17H16N4O3S2. The molecule has 0 aliphatic heterocycles. The third kappa shape index (κ3) is 4.01. The first-order chi connectivity index (χ1) is 12.4. The van der Waals surface area contributed by atoms with E-state index in [1.54, 1.807) is 30.7 Å². The van der Waals surface area contributed by atoms with Gasteiger partial charge in [0.05, 0.1) is 10.6 Å². The highest BCUT2D eigenvalue weighted by molar-refractivity contribution is 7.89. The smallest absolute Gasteiger partial charge is 0.221 e. The van der Waals surface area contributed by atoms with Crippen LogP contribution in [-0.4, -0.2) is 53.3 Å². The van der Waals surface area contributed by atoms with Gasteiger partial charge in [0.1, 0.15) is 16.5 Å². The van der Waals surface area contributed by atoms with Gasteiger partial charge in [-0.05, 0) is 24.3 Å². The summed E-state index contributed by atoms with van der Waals surface area (Å²) in [4.78, 5) is 25.8. The molecule has 0 saturated carbocycles. The van der Waals surface area contributed by atoms with Crippen molar-refractivity contribution in [2.24, 2.45) is 0 Å². The van der Waals surface area contributed by atoms with Crippen LogP contribution in [-0.2, 0) is 10.0 Å². The molecule has 9 heteroatoms. The fourth-order valence-corrected chi connectivity index (χ4v) is 3.72. The van der Waals surface area contributed by atoms with Crippen molar-refractivity contribution < 1.29 is 13.2 Å². The number of hydrogen-bond acceptors (Lipinski definition) is 7. The number of carbonyl (C=O) groups excluding carboxylic acids is 1. The predicted octanol–water partition coefficient (Wildman–Crippen LogP) is 2.34. The summed E-state index contributed by atoms with van der Waals surface area (Å²) in [6, 6.07) is 8.70. The molecule has 0 aromatic carbocycles. The van der Waals surface area contributed by atoms with Crippen LogP contribution in [0.25, 0.3) is 21.1 Å². The van der Waals surface area contributed by atoms with Gasteiger partial charge in [-0.1, -0.05) is 6.07 Å². The molecule has 0 aliphatic carbocycles.